The zero-order valence-corrected chi connectivity index (χ0v) is 13.5. The van der Waals surface area contributed by atoms with E-state index in [0.29, 0.717) is 5.69 Å². The minimum atomic E-state index is -0.603. The minimum absolute atomic E-state index is 0.0512. The fraction of sp³-hybridized carbons (Fsp3) is 0.667. The zero-order chi connectivity index (χ0) is 16.1. The third-order valence-corrected chi connectivity index (χ3v) is 3.85. The molecule has 1 aliphatic heterocycles. The SMILES string of the molecule is CC(C)[C@H](N)C(=O)OCc1cncc(N2CCN(C)CC2)n1. The van der Waals surface area contributed by atoms with Crippen molar-refractivity contribution in [3.8, 4) is 0 Å². The van der Waals surface area contributed by atoms with Crippen LogP contribution in [0.25, 0.3) is 0 Å². The number of carbonyl (C=O) groups is 1. The van der Waals surface area contributed by atoms with Crippen molar-refractivity contribution < 1.29 is 9.53 Å². The van der Waals surface area contributed by atoms with Gasteiger partial charge in [-0.25, -0.2) is 4.98 Å². The summed E-state index contributed by atoms with van der Waals surface area (Å²) < 4.78 is 5.22. The smallest absolute Gasteiger partial charge is 0.323 e. The molecule has 2 N–H and O–H groups in total. The number of carbonyl (C=O) groups excluding carboxylic acids is 1. The van der Waals surface area contributed by atoms with Gasteiger partial charge in [0, 0.05) is 26.2 Å². The predicted octanol–water partition coefficient (Wildman–Crippen LogP) is 0.255. The van der Waals surface area contributed by atoms with Gasteiger partial charge in [-0.15, -0.1) is 0 Å². The van der Waals surface area contributed by atoms with Gasteiger partial charge < -0.3 is 20.3 Å². The molecule has 1 aliphatic rings. The Balaban J connectivity index is 1.93. The molecule has 0 bridgehead atoms. The van der Waals surface area contributed by atoms with Crippen LogP contribution in [0.4, 0.5) is 5.82 Å². The Kier molecular flexibility index (Phi) is 5.68. The summed E-state index contributed by atoms with van der Waals surface area (Å²) in [6, 6.07) is -0.603. The highest BCUT2D eigenvalue weighted by Gasteiger charge is 2.19. The number of hydrogen-bond donors (Lipinski definition) is 1. The zero-order valence-electron chi connectivity index (χ0n) is 13.5. The fourth-order valence-electron chi connectivity index (χ4n) is 2.17. The lowest BCUT2D eigenvalue weighted by molar-refractivity contribution is -0.147. The van der Waals surface area contributed by atoms with Crippen LogP contribution in [0.1, 0.15) is 19.5 Å². The van der Waals surface area contributed by atoms with Gasteiger partial charge in [0.2, 0.25) is 0 Å². The Morgan fingerprint density at radius 2 is 2.00 bits per heavy atom. The fourth-order valence-corrected chi connectivity index (χ4v) is 2.17. The average Bonchev–Trinajstić information content (AvgIpc) is 2.52. The molecule has 0 radical (unpaired) electrons. The second-order valence-electron chi connectivity index (χ2n) is 6.04. The molecule has 1 aromatic heterocycles. The van der Waals surface area contributed by atoms with E-state index in [1.165, 1.54) is 0 Å². The monoisotopic (exact) mass is 307 g/mol. The quantitative estimate of drug-likeness (QED) is 0.781. The Morgan fingerprint density at radius 3 is 2.64 bits per heavy atom. The lowest BCUT2D eigenvalue weighted by Gasteiger charge is -2.33. The topological polar surface area (TPSA) is 84.6 Å². The van der Waals surface area contributed by atoms with Gasteiger partial charge in [-0.1, -0.05) is 13.8 Å². The molecule has 0 saturated carbocycles. The number of ether oxygens (including phenoxy) is 1. The lowest BCUT2D eigenvalue weighted by Crippen LogP contribution is -2.44. The highest BCUT2D eigenvalue weighted by Crippen LogP contribution is 2.13. The van der Waals surface area contributed by atoms with Gasteiger partial charge >= 0.3 is 5.97 Å². The molecule has 2 rings (SSSR count). The Morgan fingerprint density at radius 1 is 1.32 bits per heavy atom. The standard InChI is InChI=1S/C15H25N5O2/c1-11(2)14(16)15(21)22-10-12-8-17-9-13(18-12)20-6-4-19(3)5-7-20/h8-9,11,14H,4-7,10,16H2,1-3H3/t14-/m0/s1. The molecule has 122 valence electrons. The van der Waals surface area contributed by atoms with E-state index in [-0.39, 0.29) is 12.5 Å². The lowest BCUT2D eigenvalue weighted by atomic mass is 10.1. The maximum absolute atomic E-state index is 11.8. The number of rotatable bonds is 5. The van der Waals surface area contributed by atoms with Gasteiger partial charge in [-0.3, -0.25) is 9.78 Å². The largest absolute Gasteiger partial charge is 0.458 e. The Labute approximate surface area is 131 Å². The summed E-state index contributed by atoms with van der Waals surface area (Å²) in [5.74, 6) is 0.479. The van der Waals surface area contributed by atoms with Crippen LogP contribution in [-0.4, -0.2) is 60.1 Å². The molecule has 2 heterocycles. The molecule has 1 fully saturated rings. The number of aromatic nitrogens is 2. The molecular weight excluding hydrogens is 282 g/mol. The van der Waals surface area contributed by atoms with E-state index in [4.69, 9.17) is 10.5 Å². The van der Waals surface area contributed by atoms with Crippen molar-refractivity contribution in [2.24, 2.45) is 11.7 Å². The number of nitrogens with zero attached hydrogens (tertiary/aromatic N) is 4. The second kappa shape index (κ2) is 7.51. The first-order valence-corrected chi connectivity index (χ1v) is 7.64. The van der Waals surface area contributed by atoms with E-state index >= 15 is 0 Å². The van der Waals surface area contributed by atoms with Crippen LogP contribution < -0.4 is 10.6 Å². The summed E-state index contributed by atoms with van der Waals surface area (Å²) in [5, 5.41) is 0. The number of piperazine rings is 1. The molecule has 1 aromatic rings. The molecular formula is C15H25N5O2. The molecule has 7 nitrogen and oxygen atoms in total. The number of likely N-dealkylation sites (N-methyl/N-ethyl adjacent to an activating group) is 1. The summed E-state index contributed by atoms with van der Waals surface area (Å²) in [5.41, 5.74) is 6.40. The average molecular weight is 307 g/mol. The van der Waals surface area contributed by atoms with Crippen molar-refractivity contribution in [3.63, 3.8) is 0 Å². The van der Waals surface area contributed by atoms with Crippen LogP contribution in [0, 0.1) is 5.92 Å². The van der Waals surface area contributed by atoms with Crippen LogP contribution in [0.5, 0.6) is 0 Å². The third kappa shape index (κ3) is 4.38. The Bertz CT molecular complexity index is 500. The van der Waals surface area contributed by atoms with Crippen LogP contribution in [0.15, 0.2) is 12.4 Å². The summed E-state index contributed by atoms with van der Waals surface area (Å²) in [6.07, 6.45) is 3.37. The first-order valence-electron chi connectivity index (χ1n) is 7.64. The predicted molar refractivity (Wildman–Crippen MR) is 84.4 cm³/mol. The maximum atomic E-state index is 11.8. The molecule has 0 spiro atoms. The molecule has 0 amide bonds. The summed E-state index contributed by atoms with van der Waals surface area (Å²) >= 11 is 0. The number of esters is 1. The van der Waals surface area contributed by atoms with E-state index in [1.54, 1.807) is 12.4 Å². The van der Waals surface area contributed by atoms with Crippen molar-refractivity contribution in [2.75, 3.05) is 38.1 Å². The third-order valence-electron chi connectivity index (χ3n) is 3.85. The van der Waals surface area contributed by atoms with Crippen molar-refractivity contribution in [3.05, 3.63) is 18.1 Å². The van der Waals surface area contributed by atoms with Crippen LogP contribution in [0.2, 0.25) is 0 Å². The van der Waals surface area contributed by atoms with Crippen molar-refractivity contribution >= 4 is 11.8 Å². The van der Waals surface area contributed by atoms with E-state index in [1.807, 2.05) is 13.8 Å². The van der Waals surface area contributed by atoms with Gasteiger partial charge in [0.15, 0.2) is 0 Å². The van der Waals surface area contributed by atoms with Crippen LogP contribution >= 0.6 is 0 Å². The number of nitrogens with two attached hydrogens (primary N) is 1. The Hall–Kier alpha value is -1.73. The normalized spacial score (nSPS) is 17.6. The summed E-state index contributed by atoms with van der Waals surface area (Å²) in [6.45, 7) is 7.74. The molecule has 0 aliphatic carbocycles. The molecule has 0 aromatic carbocycles. The highest BCUT2D eigenvalue weighted by atomic mass is 16.5. The van der Waals surface area contributed by atoms with Crippen molar-refractivity contribution in [2.45, 2.75) is 26.5 Å². The van der Waals surface area contributed by atoms with Gasteiger partial charge in [-0.2, -0.15) is 0 Å². The van der Waals surface area contributed by atoms with E-state index in [2.05, 4.69) is 26.8 Å². The molecule has 22 heavy (non-hydrogen) atoms. The second-order valence-corrected chi connectivity index (χ2v) is 6.04. The van der Waals surface area contributed by atoms with Crippen LogP contribution in [0.3, 0.4) is 0 Å². The van der Waals surface area contributed by atoms with Gasteiger partial charge in [0.25, 0.3) is 0 Å². The number of anilines is 1. The van der Waals surface area contributed by atoms with E-state index < -0.39 is 12.0 Å². The van der Waals surface area contributed by atoms with Crippen LogP contribution in [-0.2, 0) is 16.1 Å². The molecule has 0 unspecified atom stereocenters. The minimum Gasteiger partial charge on any atom is -0.458 e. The first kappa shape index (κ1) is 16.6. The number of hydrogen-bond acceptors (Lipinski definition) is 7. The van der Waals surface area contributed by atoms with E-state index in [0.717, 1.165) is 32.0 Å². The van der Waals surface area contributed by atoms with Crippen molar-refractivity contribution in [1.29, 1.82) is 0 Å². The van der Waals surface area contributed by atoms with Gasteiger partial charge in [-0.05, 0) is 13.0 Å². The van der Waals surface area contributed by atoms with E-state index in [9.17, 15) is 4.79 Å². The summed E-state index contributed by atoms with van der Waals surface area (Å²) in [4.78, 5) is 25.0. The highest BCUT2D eigenvalue weighted by molar-refractivity contribution is 5.75. The summed E-state index contributed by atoms with van der Waals surface area (Å²) in [7, 11) is 2.11. The molecule has 7 heteroatoms. The molecule has 1 atom stereocenters. The molecule has 1 saturated heterocycles. The van der Waals surface area contributed by atoms with Gasteiger partial charge in [0.1, 0.15) is 18.5 Å². The maximum Gasteiger partial charge on any atom is 0.323 e. The van der Waals surface area contributed by atoms with Crippen molar-refractivity contribution in [1.82, 2.24) is 14.9 Å². The van der Waals surface area contributed by atoms with Gasteiger partial charge in [0.05, 0.1) is 18.1 Å². The first-order chi connectivity index (χ1) is 10.5.